The van der Waals surface area contributed by atoms with Crippen molar-refractivity contribution in [2.45, 2.75) is 19.2 Å². The van der Waals surface area contributed by atoms with Gasteiger partial charge in [0, 0.05) is 0 Å². The zero-order chi connectivity index (χ0) is 23.3. The summed E-state index contributed by atoms with van der Waals surface area (Å²) < 4.78 is 41.4. The molecule has 4 rings (SSSR count). The molecule has 0 spiro atoms. The fraction of sp³-hybridized carbons (Fsp3) is 0.107. The van der Waals surface area contributed by atoms with E-state index >= 15 is 0 Å². The lowest BCUT2D eigenvalue weighted by molar-refractivity contribution is -0.274. The average Bonchev–Trinajstić information content (AvgIpc) is 2.83. The molecule has 0 atom stereocenters. The summed E-state index contributed by atoms with van der Waals surface area (Å²) in [6.45, 7) is 0. The van der Waals surface area contributed by atoms with E-state index in [4.69, 9.17) is 0 Å². The van der Waals surface area contributed by atoms with Gasteiger partial charge in [-0.3, -0.25) is 0 Å². The summed E-state index contributed by atoms with van der Waals surface area (Å²) in [5, 5.41) is 9.29. The summed E-state index contributed by atoms with van der Waals surface area (Å²) in [6.07, 6.45) is -3.10. The summed E-state index contributed by atoms with van der Waals surface area (Å²) >= 11 is 0. The molecule has 33 heavy (non-hydrogen) atoms. The minimum atomic E-state index is -4.72. The van der Waals surface area contributed by atoms with Crippen molar-refractivity contribution in [3.05, 3.63) is 114 Å². The quantitative estimate of drug-likeness (QED) is 0.308. The molecule has 0 amide bonds. The van der Waals surface area contributed by atoms with E-state index in [1.807, 2.05) is 48.5 Å². The highest BCUT2D eigenvalue weighted by Crippen LogP contribution is 2.32. The highest BCUT2D eigenvalue weighted by atomic mass is 19.4. The fourth-order valence-electron chi connectivity index (χ4n) is 3.79. The molecule has 4 aromatic rings. The topological polar surface area (TPSA) is 33.0 Å². The zero-order valence-electron chi connectivity index (χ0n) is 17.6. The van der Waals surface area contributed by atoms with E-state index in [0.29, 0.717) is 5.56 Å². The predicted molar refractivity (Wildman–Crippen MR) is 123 cm³/mol. The average molecular weight is 443 g/mol. The number of alkyl halides is 3. The second-order valence-corrected chi connectivity index (χ2v) is 7.62. The first-order valence-corrected chi connectivity index (χ1v) is 10.4. The van der Waals surface area contributed by atoms with Crippen LogP contribution in [-0.4, -0.2) is 6.36 Å². The standard InChI is InChI=1S/C28H20F3NO/c29-28(30,31)33-26-14-11-22(12-15-26)23-13-16-27(24-8-4-7-21(17-24)19-32)25(18-23)10-9-20-5-2-1-3-6-20/h1-8,11-18H,9-10H2. The van der Waals surface area contributed by atoms with Crippen LogP contribution in [0.5, 0.6) is 5.75 Å². The van der Waals surface area contributed by atoms with Crippen molar-refractivity contribution < 1.29 is 17.9 Å². The highest BCUT2D eigenvalue weighted by molar-refractivity contribution is 5.74. The van der Waals surface area contributed by atoms with Crippen LogP contribution in [0.2, 0.25) is 0 Å². The van der Waals surface area contributed by atoms with Crippen molar-refractivity contribution in [2.75, 3.05) is 0 Å². The van der Waals surface area contributed by atoms with Crippen LogP contribution in [0.3, 0.4) is 0 Å². The lowest BCUT2D eigenvalue weighted by Crippen LogP contribution is -2.16. The minimum Gasteiger partial charge on any atom is -0.406 e. The third-order valence-corrected chi connectivity index (χ3v) is 5.35. The van der Waals surface area contributed by atoms with Gasteiger partial charge in [0.2, 0.25) is 0 Å². The van der Waals surface area contributed by atoms with Crippen LogP contribution in [0, 0.1) is 11.3 Å². The molecular weight excluding hydrogens is 423 g/mol. The normalized spacial score (nSPS) is 11.1. The maximum absolute atomic E-state index is 12.5. The maximum atomic E-state index is 12.5. The Morgan fingerprint density at radius 1 is 0.697 bits per heavy atom. The van der Waals surface area contributed by atoms with Gasteiger partial charge in [-0.15, -0.1) is 13.2 Å². The summed E-state index contributed by atoms with van der Waals surface area (Å²) in [7, 11) is 0. The Balaban J connectivity index is 1.68. The van der Waals surface area contributed by atoms with E-state index in [0.717, 1.165) is 40.7 Å². The second-order valence-electron chi connectivity index (χ2n) is 7.62. The van der Waals surface area contributed by atoms with Crippen LogP contribution in [0.15, 0.2) is 97.1 Å². The van der Waals surface area contributed by atoms with Crippen LogP contribution in [-0.2, 0) is 12.8 Å². The molecule has 4 aromatic carbocycles. The van der Waals surface area contributed by atoms with Gasteiger partial charge in [0.15, 0.2) is 0 Å². The maximum Gasteiger partial charge on any atom is 0.573 e. The smallest absolute Gasteiger partial charge is 0.406 e. The van der Waals surface area contributed by atoms with Gasteiger partial charge in [-0.2, -0.15) is 5.26 Å². The van der Waals surface area contributed by atoms with Crippen LogP contribution >= 0.6 is 0 Å². The van der Waals surface area contributed by atoms with E-state index in [1.54, 1.807) is 18.2 Å². The van der Waals surface area contributed by atoms with E-state index in [1.165, 1.54) is 17.7 Å². The van der Waals surface area contributed by atoms with Crippen LogP contribution in [0.4, 0.5) is 13.2 Å². The molecule has 164 valence electrons. The number of nitriles is 1. The van der Waals surface area contributed by atoms with Gasteiger partial charge in [-0.25, -0.2) is 0 Å². The van der Waals surface area contributed by atoms with Gasteiger partial charge < -0.3 is 4.74 Å². The molecule has 5 heteroatoms. The Kier molecular flexibility index (Phi) is 6.46. The summed E-state index contributed by atoms with van der Waals surface area (Å²) in [6, 6.07) is 31.7. The number of rotatable bonds is 6. The van der Waals surface area contributed by atoms with Crippen LogP contribution < -0.4 is 4.74 Å². The van der Waals surface area contributed by atoms with Crippen LogP contribution in [0.25, 0.3) is 22.3 Å². The Hall–Kier alpha value is -4.04. The van der Waals surface area contributed by atoms with Gasteiger partial charge in [-0.05, 0) is 70.5 Å². The number of ether oxygens (including phenoxy) is 1. The second kappa shape index (κ2) is 9.62. The number of hydrogen-bond acceptors (Lipinski definition) is 2. The Bertz CT molecular complexity index is 1270. The molecule has 0 bridgehead atoms. The summed E-state index contributed by atoms with van der Waals surface area (Å²) in [4.78, 5) is 0. The molecule has 0 heterocycles. The molecule has 0 fully saturated rings. The number of benzene rings is 4. The third kappa shape index (κ3) is 5.81. The molecule has 0 radical (unpaired) electrons. The highest BCUT2D eigenvalue weighted by Gasteiger charge is 2.30. The van der Waals surface area contributed by atoms with Crippen molar-refractivity contribution in [1.82, 2.24) is 0 Å². The molecule has 0 saturated heterocycles. The number of aryl methyl sites for hydroxylation is 2. The Labute approximate surface area is 190 Å². The van der Waals surface area contributed by atoms with E-state index < -0.39 is 6.36 Å². The third-order valence-electron chi connectivity index (χ3n) is 5.35. The molecule has 0 aliphatic carbocycles. The Morgan fingerprint density at radius 3 is 2.12 bits per heavy atom. The van der Waals surface area contributed by atoms with Gasteiger partial charge in [0.1, 0.15) is 5.75 Å². The first-order chi connectivity index (χ1) is 15.9. The molecule has 0 saturated carbocycles. The molecule has 0 aliphatic rings. The molecule has 0 unspecified atom stereocenters. The van der Waals surface area contributed by atoms with Crippen molar-refractivity contribution in [3.63, 3.8) is 0 Å². The SMILES string of the molecule is N#Cc1cccc(-c2ccc(-c3ccc(OC(F)(F)F)cc3)cc2CCc2ccccc2)c1. The largest absolute Gasteiger partial charge is 0.573 e. The van der Waals surface area contributed by atoms with Crippen molar-refractivity contribution in [3.8, 4) is 34.1 Å². The van der Waals surface area contributed by atoms with E-state index in [-0.39, 0.29) is 5.75 Å². The number of nitrogens with zero attached hydrogens (tertiary/aromatic N) is 1. The zero-order valence-corrected chi connectivity index (χ0v) is 17.6. The summed E-state index contributed by atoms with van der Waals surface area (Å²) in [5.41, 5.74) is 6.59. The molecule has 0 aromatic heterocycles. The number of halogens is 3. The summed E-state index contributed by atoms with van der Waals surface area (Å²) in [5.74, 6) is -0.250. The van der Waals surface area contributed by atoms with E-state index in [9.17, 15) is 18.4 Å². The lowest BCUT2D eigenvalue weighted by Gasteiger charge is -2.14. The molecule has 0 aliphatic heterocycles. The van der Waals surface area contributed by atoms with Gasteiger partial charge in [0.25, 0.3) is 0 Å². The van der Waals surface area contributed by atoms with Crippen molar-refractivity contribution in [1.29, 1.82) is 5.26 Å². The van der Waals surface area contributed by atoms with Crippen LogP contribution in [0.1, 0.15) is 16.7 Å². The van der Waals surface area contributed by atoms with Gasteiger partial charge >= 0.3 is 6.36 Å². The Morgan fingerprint density at radius 2 is 1.42 bits per heavy atom. The molecule has 2 nitrogen and oxygen atoms in total. The lowest BCUT2D eigenvalue weighted by atomic mass is 9.91. The van der Waals surface area contributed by atoms with Gasteiger partial charge in [0.05, 0.1) is 11.6 Å². The first kappa shape index (κ1) is 22.2. The first-order valence-electron chi connectivity index (χ1n) is 10.4. The minimum absolute atomic E-state index is 0.250. The number of hydrogen-bond donors (Lipinski definition) is 0. The fourth-order valence-corrected chi connectivity index (χ4v) is 3.79. The molecular formula is C28H20F3NO. The monoisotopic (exact) mass is 443 g/mol. The van der Waals surface area contributed by atoms with Crippen molar-refractivity contribution in [2.24, 2.45) is 0 Å². The van der Waals surface area contributed by atoms with Crippen molar-refractivity contribution >= 4 is 0 Å². The van der Waals surface area contributed by atoms with E-state index in [2.05, 4.69) is 29.0 Å². The molecule has 0 N–H and O–H groups in total. The predicted octanol–water partition coefficient (Wildman–Crippen LogP) is 7.58. The van der Waals surface area contributed by atoms with Gasteiger partial charge in [-0.1, -0.05) is 72.8 Å².